The third kappa shape index (κ3) is 6.53. The molecule has 1 fully saturated rings. The molecule has 1 heterocycles. The first-order valence-electron chi connectivity index (χ1n) is 7.56. The Morgan fingerprint density at radius 3 is 2.36 bits per heavy atom. The predicted molar refractivity (Wildman–Crippen MR) is 96.0 cm³/mol. The van der Waals surface area contributed by atoms with Crippen LogP contribution in [0, 0.1) is 0 Å². The van der Waals surface area contributed by atoms with E-state index in [0.717, 1.165) is 25.2 Å². The topological polar surface area (TPSA) is 58.4 Å². The zero-order valence-corrected chi connectivity index (χ0v) is 14.5. The van der Waals surface area contributed by atoms with Crippen molar-refractivity contribution >= 4 is 30.7 Å². The third-order valence-corrected chi connectivity index (χ3v) is 3.93. The molecule has 1 aromatic rings. The molecule has 126 valence electrons. The molecule has 2 rings (SSSR count). The van der Waals surface area contributed by atoms with Crippen LogP contribution in [-0.4, -0.2) is 43.5 Å². The van der Waals surface area contributed by atoms with Gasteiger partial charge in [-0.25, -0.2) is 0 Å². The minimum atomic E-state index is -0.238. The smallest absolute Gasteiger partial charge is 0.228 e. The Labute approximate surface area is 145 Å². The zero-order chi connectivity index (χ0) is 14.2. The SMILES string of the molecule is Cl.Cl.NCC(C(=O)NCCN1CCCCC1)c1ccccc1. The van der Waals surface area contributed by atoms with Crippen LogP contribution >= 0.6 is 24.8 Å². The molecule has 0 saturated carbocycles. The third-order valence-electron chi connectivity index (χ3n) is 3.93. The number of rotatable bonds is 6. The van der Waals surface area contributed by atoms with Crippen molar-refractivity contribution in [2.45, 2.75) is 25.2 Å². The lowest BCUT2D eigenvalue weighted by molar-refractivity contribution is -0.122. The fourth-order valence-electron chi connectivity index (χ4n) is 2.72. The van der Waals surface area contributed by atoms with Gasteiger partial charge in [0.2, 0.25) is 5.91 Å². The van der Waals surface area contributed by atoms with E-state index in [1.807, 2.05) is 30.3 Å². The number of nitrogens with one attached hydrogen (secondary N) is 1. The number of benzene rings is 1. The van der Waals surface area contributed by atoms with Crippen LogP contribution in [0.1, 0.15) is 30.7 Å². The quantitative estimate of drug-likeness (QED) is 0.828. The molecule has 1 atom stereocenters. The molecule has 6 heteroatoms. The van der Waals surface area contributed by atoms with E-state index in [-0.39, 0.29) is 36.6 Å². The van der Waals surface area contributed by atoms with E-state index in [9.17, 15) is 4.79 Å². The first kappa shape index (κ1) is 21.2. The molecule has 0 spiro atoms. The maximum absolute atomic E-state index is 12.2. The molecule has 3 N–H and O–H groups in total. The second-order valence-electron chi connectivity index (χ2n) is 5.39. The van der Waals surface area contributed by atoms with Crippen molar-refractivity contribution in [3.63, 3.8) is 0 Å². The molecule has 1 aliphatic rings. The van der Waals surface area contributed by atoms with E-state index >= 15 is 0 Å². The number of hydrogen-bond acceptors (Lipinski definition) is 3. The molecule has 0 aliphatic carbocycles. The summed E-state index contributed by atoms with van der Waals surface area (Å²) in [6.07, 6.45) is 3.90. The van der Waals surface area contributed by atoms with Crippen molar-refractivity contribution in [3.8, 4) is 0 Å². The summed E-state index contributed by atoms with van der Waals surface area (Å²) in [7, 11) is 0. The summed E-state index contributed by atoms with van der Waals surface area (Å²) in [5.74, 6) is -0.201. The molecule has 1 unspecified atom stereocenters. The maximum atomic E-state index is 12.2. The van der Waals surface area contributed by atoms with Gasteiger partial charge in [-0.1, -0.05) is 36.8 Å². The van der Waals surface area contributed by atoms with Gasteiger partial charge in [0.1, 0.15) is 0 Å². The lowest BCUT2D eigenvalue weighted by Gasteiger charge is -2.26. The average molecular weight is 348 g/mol. The van der Waals surface area contributed by atoms with Crippen molar-refractivity contribution in [1.82, 2.24) is 10.2 Å². The van der Waals surface area contributed by atoms with E-state index < -0.39 is 0 Å². The minimum absolute atomic E-state index is 0. The van der Waals surface area contributed by atoms with Gasteiger partial charge in [0.15, 0.2) is 0 Å². The molecular weight excluding hydrogens is 321 g/mol. The van der Waals surface area contributed by atoms with Gasteiger partial charge in [-0.05, 0) is 31.5 Å². The number of likely N-dealkylation sites (tertiary alicyclic amines) is 1. The number of carbonyl (C=O) groups is 1. The maximum Gasteiger partial charge on any atom is 0.228 e. The summed E-state index contributed by atoms with van der Waals surface area (Å²) in [6, 6.07) is 9.76. The molecule has 1 amide bonds. The number of nitrogens with zero attached hydrogens (tertiary/aromatic N) is 1. The monoisotopic (exact) mass is 347 g/mol. The van der Waals surface area contributed by atoms with Gasteiger partial charge in [-0.2, -0.15) is 0 Å². The molecule has 22 heavy (non-hydrogen) atoms. The molecule has 1 aliphatic heterocycles. The second kappa shape index (κ2) is 11.7. The number of piperidine rings is 1. The molecule has 1 saturated heterocycles. The van der Waals surface area contributed by atoms with E-state index in [1.54, 1.807) is 0 Å². The Kier molecular flexibility index (Phi) is 11.3. The highest BCUT2D eigenvalue weighted by molar-refractivity contribution is 5.85. The number of halogens is 2. The van der Waals surface area contributed by atoms with E-state index in [0.29, 0.717) is 13.1 Å². The Balaban J connectivity index is 0.00000220. The summed E-state index contributed by atoms with van der Waals surface area (Å²) >= 11 is 0. The van der Waals surface area contributed by atoms with Crippen molar-refractivity contribution in [2.24, 2.45) is 5.73 Å². The average Bonchev–Trinajstić information content (AvgIpc) is 2.50. The highest BCUT2D eigenvalue weighted by Gasteiger charge is 2.18. The van der Waals surface area contributed by atoms with Crippen molar-refractivity contribution in [1.29, 1.82) is 0 Å². The number of amides is 1. The van der Waals surface area contributed by atoms with Gasteiger partial charge in [0, 0.05) is 19.6 Å². The summed E-state index contributed by atoms with van der Waals surface area (Å²) < 4.78 is 0. The second-order valence-corrected chi connectivity index (χ2v) is 5.39. The number of carbonyl (C=O) groups excluding carboxylic acids is 1. The molecular formula is C16H27Cl2N3O. The first-order chi connectivity index (χ1) is 9.81. The van der Waals surface area contributed by atoms with Crippen molar-refractivity contribution in [3.05, 3.63) is 35.9 Å². The molecule has 0 bridgehead atoms. The Morgan fingerprint density at radius 1 is 1.14 bits per heavy atom. The Bertz CT molecular complexity index is 411. The lowest BCUT2D eigenvalue weighted by Crippen LogP contribution is -2.40. The standard InChI is InChI=1S/C16H25N3O.2ClH/c17-13-15(14-7-3-1-4-8-14)16(20)18-9-12-19-10-5-2-6-11-19;;/h1,3-4,7-8,15H,2,5-6,9-13,17H2,(H,18,20);2*1H. The van der Waals surface area contributed by atoms with Crippen LogP contribution in [-0.2, 0) is 4.79 Å². The summed E-state index contributed by atoms with van der Waals surface area (Å²) in [6.45, 7) is 4.32. The van der Waals surface area contributed by atoms with Crippen LogP contribution in [0.15, 0.2) is 30.3 Å². The zero-order valence-electron chi connectivity index (χ0n) is 12.9. The van der Waals surface area contributed by atoms with Crippen LogP contribution in [0.5, 0.6) is 0 Å². The molecule has 0 radical (unpaired) electrons. The van der Waals surface area contributed by atoms with Gasteiger partial charge in [-0.15, -0.1) is 24.8 Å². The Morgan fingerprint density at radius 2 is 1.77 bits per heavy atom. The molecule has 1 aromatic carbocycles. The van der Waals surface area contributed by atoms with Crippen molar-refractivity contribution in [2.75, 3.05) is 32.7 Å². The summed E-state index contributed by atoms with van der Waals surface area (Å²) in [4.78, 5) is 14.6. The number of nitrogens with two attached hydrogens (primary N) is 1. The fraction of sp³-hybridized carbons (Fsp3) is 0.562. The van der Waals surface area contributed by atoms with E-state index in [4.69, 9.17) is 5.73 Å². The van der Waals surface area contributed by atoms with Crippen LogP contribution < -0.4 is 11.1 Å². The van der Waals surface area contributed by atoms with Gasteiger partial charge in [0.25, 0.3) is 0 Å². The number of hydrogen-bond donors (Lipinski definition) is 2. The van der Waals surface area contributed by atoms with Crippen molar-refractivity contribution < 1.29 is 4.79 Å². The fourth-order valence-corrected chi connectivity index (χ4v) is 2.72. The highest BCUT2D eigenvalue weighted by atomic mass is 35.5. The normalized spacial score (nSPS) is 16.0. The molecule has 4 nitrogen and oxygen atoms in total. The van der Waals surface area contributed by atoms with Gasteiger partial charge in [-0.3, -0.25) is 4.79 Å². The van der Waals surface area contributed by atoms with Crippen LogP contribution in [0.25, 0.3) is 0 Å². The van der Waals surface area contributed by atoms with E-state index in [1.165, 1.54) is 19.3 Å². The first-order valence-corrected chi connectivity index (χ1v) is 7.56. The van der Waals surface area contributed by atoms with Gasteiger partial charge in [0.05, 0.1) is 5.92 Å². The highest BCUT2D eigenvalue weighted by Crippen LogP contribution is 2.14. The molecule has 0 aromatic heterocycles. The minimum Gasteiger partial charge on any atom is -0.354 e. The van der Waals surface area contributed by atoms with Crippen LogP contribution in [0.3, 0.4) is 0 Å². The predicted octanol–water partition coefficient (Wildman–Crippen LogP) is 2.17. The summed E-state index contributed by atoms with van der Waals surface area (Å²) in [5, 5.41) is 3.02. The van der Waals surface area contributed by atoms with Gasteiger partial charge >= 0.3 is 0 Å². The van der Waals surface area contributed by atoms with E-state index in [2.05, 4.69) is 10.2 Å². The Hall–Kier alpha value is -0.810. The van der Waals surface area contributed by atoms with Crippen LogP contribution in [0.4, 0.5) is 0 Å². The van der Waals surface area contributed by atoms with Gasteiger partial charge < -0.3 is 16.0 Å². The van der Waals surface area contributed by atoms with Crippen LogP contribution in [0.2, 0.25) is 0 Å². The lowest BCUT2D eigenvalue weighted by atomic mass is 9.98. The summed E-state index contributed by atoms with van der Waals surface area (Å²) in [5.41, 5.74) is 6.74. The largest absolute Gasteiger partial charge is 0.354 e.